The van der Waals surface area contributed by atoms with Crippen LogP contribution in [0.25, 0.3) is 0 Å². The van der Waals surface area contributed by atoms with E-state index in [2.05, 4.69) is 25.6 Å². The fraction of sp³-hybridized carbons (Fsp3) is 0.0455. The van der Waals surface area contributed by atoms with Crippen LogP contribution in [0.3, 0.4) is 0 Å². The zero-order chi connectivity index (χ0) is 20.9. The quantitative estimate of drug-likeness (QED) is 0.355. The Morgan fingerprint density at radius 1 is 0.667 bits per heavy atom. The van der Waals surface area contributed by atoms with Crippen LogP contribution in [-0.2, 0) is 0 Å². The Balaban J connectivity index is 1.71. The van der Waals surface area contributed by atoms with E-state index in [0.29, 0.717) is 29.2 Å². The summed E-state index contributed by atoms with van der Waals surface area (Å²) >= 11 is 0. The predicted molar refractivity (Wildman–Crippen MR) is 123 cm³/mol. The summed E-state index contributed by atoms with van der Waals surface area (Å²) in [4.78, 5) is 15.6. The maximum atomic E-state index is 5.89. The number of benzene rings is 3. The molecule has 4 rings (SSSR count). The molecule has 0 fully saturated rings. The molecule has 8 nitrogen and oxygen atoms in total. The molecule has 0 spiro atoms. The summed E-state index contributed by atoms with van der Waals surface area (Å²) in [5.74, 6) is 1.26. The first-order valence-corrected chi connectivity index (χ1v) is 9.37. The molecule has 8 heteroatoms. The first-order chi connectivity index (χ1) is 14.6. The number of anilines is 8. The van der Waals surface area contributed by atoms with Gasteiger partial charge in [-0.05, 0) is 48.5 Å². The van der Waals surface area contributed by atoms with Gasteiger partial charge in [0.05, 0.1) is 0 Å². The Morgan fingerprint density at radius 3 is 1.70 bits per heavy atom. The number of nitrogen functional groups attached to an aromatic ring is 2. The third-order valence-corrected chi connectivity index (χ3v) is 4.35. The minimum Gasteiger partial charge on any atom is -0.399 e. The van der Waals surface area contributed by atoms with E-state index in [-0.39, 0.29) is 0 Å². The molecule has 0 atom stereocenters. The third kappa shape index (κ3) is 4.56. The standard InChI is InChI=1S/C22H22N8/c1-30(19-11-3-2-4-12-19)22-28-20(25-17-9-5-7-15(23)13-17)27-21(29-22)26-18-10-6-8-16(24)14-18/h2-14H,23-24H2,1H3,(H2,25,26,27,28,29). The first kappa shape index (κ1) is 19.0. The molecule has 0 radical (unpaired) electrons. The van der Waals surface area contributed by atoms with Crippen LogP contribution in [0.2, 0.25) is 0 Å². The number of aromatic nitrogens is 3. The van der Waals surface area contributed by atoms with Crippen molar-refractivity contribution in [1.29, 1.82) is 0 Å². The monoisotopic (exact) mass is 398 g/mol. The topological polar surface area (TPSA) is 118 Å². The average molecular weight is 398 g/mol. The van der Waals surface area contributed by atoms with Gasteiger partial charge in [-0.2, -0.15) is 15.0 Å². The number of nitrogens with two attached hydrogens (primary N) is 2. The highest BCUT2D eigenvalue weighted by Gasteiger charge is 2.13. The summed E-state index contributed by atoms with van der Waals surface area (Å²) in [6.45, 7) is 0. The van der Waals surface area contributed by atoms with Gasteiger partial charge in [0.25, 0.3) is 0 Å². The summed E-state index contributed by atoms with van der Waals surface area (Å²) in [6.07, 6.45) is 0. The fourth-order valence-corrected chi connectivity index (χ4v) is 2.88. The molecule has 1 heterocycles. The van der Waals surface area contributed by atoms with Crippen LogP contribution in [-0.4, -0.2) is 22.0 Å². The molecule has 0 aliphatic heterocycles. The lowest BCUT2D eigenvalue weighted by Crippen LogP contribution is -2.16. The Labute approximate surface area is 174 Å². The van der Waals surface area contributed by atoms with Crippen molar-refractivity contribution in [3.05, 3.63) is 78.9 Å². The molecule has 4 aromatic rings. The van der Waals surface area contributed by atoms with Gasteiger partial charge in [-0.15, -0.1) is 0 Å². The second-order valence-corrected chi connectivity index (χ2v) is 6.68. The zero-order valence-corrected chi connectivity index (χ0v) is 16.4. The minimum atomic E-state index is 0.389. The second-order valence-electron chi connectivity index (χ2n) is 6.68. The summed E-state index contributed by atoms with van der Waals surface area (Å²) in [7, 11) is 1.90. The molecule has 6 N–H and O–H groups in total. The van der Waals surface area contributed by atoms with E-state index in [1.165, 1.54) is 0 Å². The lowest BCUT2D eigenvalue weighted by atomic mass is 10.3. The normalized spacial score (nSPS) is 10.4. The molecule has 30 heavy (non-hydrogen) atoms. The molecule has 0 aliphatic carbocycles. The molecule has 3 aromatic carbocycles. The van der Waals surface area contributed by atoms with Crippen LogP contribution in [0.4, 0.5) is 46.3 Å². The molecule has 0 saturated carbocycles. The molecule has 1 aromatic heterocycles. The molecule has 150 valence electrons. The lowest BCUT2D eigenvalue weighted by Gasteiger charge is -2.19. The van der Waals surface area contributed by atoms with E-state index in [0.717, 1.165) is 17.1 Å². The highest BCUT2D eigenvalue weighted by atomic mass is 15.3. The molecule has 0 bridgehead atoms. The van der Waals surface area contributed by atoms with Gasteiger partial charge in [0.1, 0.15) is 0 Å². The largest absolute Gasteiger partial charge is 0.399 e. The van der Waals surface area contributed by atoms with Crippen LogP contribution < -0.4 is 27.0 Å². The summed E-state index contributed by atoms with van der Waals surface area (Å²) in [6, 6.07) is 24.6. The SMILES string of the molecule is CN(c1ccccc1)c1nc(Nc2cccc(N)c2)nc(Nc2cccc(N)c2)n1. The number of hydrogen-bond acceptors (Lipinski definition) is 8. The fourth-order valence-electron chi connectivity index (χ4n) is 2.88. The van der Waals surface area contributed by atoms with Crippen LogP contribution in [0, 0.1) is 0 Å². The molecular weight excluding hydrogens is 376 g/mol. The van der Waals surface area contributed by atoms with Crippen LogP contribution in [0.5, 0.6) is 0 Å². The molecule has 0 saturated heterocycles. The summed E-state index contributed by atoms with van der Waals surface area (Å²) < 4.78 is 0. The van der Waals surface area contributed by atoms with Crippen molar-refractivity contribution in [2.45, 2.75) is 0 Å². The van der Waals surface area contributed by atoms with Crippen molar-refractivity contribution in [2.75, 3.05) is 34.0 Å². The van der Waals surface area contributed by atoms with E-state index < -0.39 is 0 Å². The summed E-state index contributed by atoms with van der Waals surface area (Å²) in [5.41, 5.74) is 15.6. The third-order valence-electron chi connectivity index (χ3n) is 4.35. The number of hydrogen-bond donors (Lipinski definition) is 4. The van der Waals surface area contributed by atoms with Gasteiger partial charge in [0.2, 0.25) is 17.8 Å². The smallest absolute Gasteiger partial charge is 0.236 e. The van der Waals surface area contributed by atoms with Crippen molar-refractivity contribution in [1.82, 2.24) is 15.0 Å². The summed E-state index contributed by atoms with van der Waals surface area (Å²) in [5, 5.41) is 6.39. The number of nitrogens with zero attached hydrogens (tertiary/aromatic N) is 4. The van der Waals surface area contributed by atoms with Gasteiger partial charge in [0, 0.05) is 35.5 Å². The predicted octanol–water partition coefficient (Wildman–Crippen LogP) is 4.29. The molecular formula is C22H22N8. The van der Waals surface area contributed by atoms with Gasteiger partial charge in [-0.1, -0.05) is 30.3 Å². The maximum Gasteiger partial charge on any atom is 0.236 e. The van der Waals surface area contributed by atoms with E-state index in [9.17, 15) is 0 Å². The van der Waals surface area contributed by atoms with Crippen molar-refractivity contribution in [3.63, 3.8) is 0 Å². The van der Waals surface area contributed by atoms with Gasteiger partial charge in [-0.3, -0.25) is 0 Å². The Morgan fingerprint density at radius 2 is 1.20 bits per heavy atom. The first-order valence-electron chi connectivity index (χ1n) is 9.37. The molecule has 0 aliphatic rings. The van der Waals surface area contributed by atoms with Crippen molar-refractivity contribution in [2.24, 2.45) is 0 Å². The van der Waals surface area contributed by atoms with Crippen LogP contribution in [0.1, 0.15) is 0 Å². The van der Waals surface area contributed by atoms with E-state index in [4.69, 9.17) is 11.5 Å². The highest BCUT2D eigenvalue weighted by Crippen LogP contribution is 2.25. The Hall–Kier alpha value is -4.33. The Kier molecular flexibility index (Phi) is 5.29. The van der Waals surface area contributed by atoms with Crippen molar-refractivity contribution in [3.8, 4) is 0 Å². The van der Waals surface area contributed by atoms with Crippen molar-refractivity contribution >= 4 is 46.3 Å². The zero-order valence-electron chi connectivity index (χ0n) is 16.4. The van der Waals surface area contributed by atoms with Crippen LogP contribution >= 0.6 is 0 Å². The molecule has 0 amide bonds. The maximum absolute atomic E-state index is 5.89. The van der Waals surface area contributed by atoms with Gasteiger partial charge in [-0.25, -0.2) is 0 Å². The van der Waals surface area contributed by atoms with Gasteiger partial charge < -0.3 is 27.0 Å². The van der Waals surface area contributed by atoms with E-state index in [1.54, 1.807) is 0 Å². The molecule has 0 unspecified atom stereocenters. The van der Waals surface area contributed by atoms with E-state index >= 15 is 0 Å². The van der Waals surface area contributed by atoms with Gasteiger partial charge >= 0.3 is 0 Å². The lowest BCUT2D eigenvalue weighted by molar-refractivity contribution is 0.996. The number of rotatable bonds is 6. The second kappa shape index (κ2) is 8.36. The highest BCUT2D eigenvalue weighted by molar-refractivity contribution is 5.65. The minimum absolute atomic E-state index is 0.389. The van der Waals surface area contributed by atoms with Crippen molar-refractivity contribution < 1.29 is 0 Å². The average Bonchev–Trinajstić information content (AvgIpc) is 2.74. The Bertz CT molecular complexity index is 1080. The van der Waals surface area contributed by atoms with E-state index in [1.807, 2.05) is 90.8 Å². The van der Waals surface area contributed by atoms with Crippen LogP contribution in [0.15, 0.2) is 78.9 Å². The van der Waals surface area contributed by atoms with Gasteiger partial charge in [0.15, 0.2) is 0 Å². The number of para-hydroxylation sites is 1. The number of nitrogens with one attached hydrogen (secondary N) is 2.